The lowest BCUT2D eigenvalue weighted by atomic mass is 9.97. The van der Waals surface area contributed by atoms with E-state index in [1.165, 1.54) is 0 Å². The first-order valence-corrected chi connectivity index (χ1v) is 6.43. The van der Waals surface area contributed by atoms with Gasteiger partial charge in [-0.15, -0.1) is 0 Å². The van der Waals surface area contributed by atoms with E-state index in [0.717, 1.165) is 31.0 Å². The molecule has 0 heterocycles. The minimum absolute atomic E-state index is 0.190. The molecule has 1 amide bonds. The lowest BCUT2D eigenvalue weighted by molar-refractivity contribution is 0.0920. The fourth-order valence-corrected chi connectivity index (χ4v) is 2.62. The molecule has 102 valence electrons. The van der Waals surface area contributed by atoms with Gasteiger partial charge in [0.05, 0.1) is 16.1 Å². The number of hydrogen-bond acceptors (Lipinski definition) is 2. The van der Waals surface area contributed by atoms with Gasteiger partial charge in [0.2, 0.25) is 0 Å². The maximum Gasteiger partial charge on any atom is 0.255 e. The molecule has 3 nitrogen and oxygen atoms in total. The maximum absolute atomic E-state index is 13.5. The zero-order chi connectivity index (χ0) is 14.0. The Morgan fingerprint density at radius 1 is 1.32 bits per heavy atom. The number of halogens is 2. The predicted octanol–water partition coefficient (Wildman–Crippen LogP) is 2.29. The molecule has 0 saturated heterocycles. The lowest BCUT2D eigenvalue weighted by Gasteiger charge is -2.29. The van der Waals surface area contributed by atoms with Crippen LogP contribution in [0.1, 0.15) is 36.0 Å². The molecule has 1 saturated carbocycles. The van der Waals surface area contributed by atoms with Crippen LogP contribution in [0.5, 0.6) is 0 Å². The first kappa shape index (κ1) is 13.9. The zero-order valence-electron chi connectivity index (χ0n) is 10.2. The van der Waals surface area contributed by atoms with Gasteiger partial charge in [0.25, 0.3) is 5.91 Å². The van der Waals surface area contributed by atoms with Crippen molar-refractivity contribution >= 4 is 23.1 Å². The summed E-state index contributed by atoms with van der Waals surface area (Å²) in [4.78, 5) is 12.2. The van der Waals surface area contributed by atoms with Gasteiger partial charge in [0.1, 0.15) is 11.6 Å². The summed E-state index contributed by atoms with van der Waals surface area (Å²) in [5.74, 6) is -2.12. The van der Waals surface area contributed by atoms with Gasteiger partial charge in [-0.1, -0.05) is 25.1 Å². The van der Waals surface area contributed by atoms with Crippen LogP contribution >= 0.6 is 12.2 Å². The van der Waals surface area contributed by atoms with Crippen LogP contribution in [0.15, 0.2) is 18.2 Å². The van der Waals surface area contributed by atoms with Crippen LogP contribution in [0.3, 0.4) is 0 Å². The Morgan fingerprint density at radius 3 is 2.53 bits per heavy atom. The van der Waals surface area contributed by atoms with Crippen LogP contribution in [0, 0.1) is 11.6 Å². The van der Waals surface area contributed by atoms with Gasteiger partial charge in [0, 0.05) is 0 Å². The summed E-state index contributed by atoms with van der Waals surface area (Å²) < 4.78 is 26.6. The number of nitrogens with one attached hydrogen (secondary N) is 1. The molecule has 0 atom stereocenters. The third-order valence-electron chi connectivity index (χ3n) is 3.45. The molecule has 1 fully saturated rings. The molecule has 0 radical (unpaired) electrons. The minimum Gasteiger partial charge on any atom is -0.391 e. The van der Waals surface area contributed by atoms with Gasteiger partial charge in [-0.05, 0) is 31.0 Å². The highest BCUT2D eigenvalue weighted by Crippen LogP contribution is 2.30. The average molecular weight is 284 g/mol. The number of rotatable bonds is 3. The van der Waals surface area contributed by atoms with Gasteiger partial charge in [-0.3, -0.25) is 4.79 Å². The number of benzene rings is 1. The van der Waals surface area contributed by atoms with E-state index in [4.69, 9.17) is 18.0 Å². The van der Waals surface area contributed by atoms with E-state index in [1.54, 1.807) is 0 Å². The first-order chi connectivity index (χ1) is 8.94. The van der Waals surface area contributed by atoms with Gasteiger partial charge in [0.15, 0.2) is 0 Å². The van der Waals surface area contributed by atoms with Crippen LogP contribution in [0.25, 0.3) is 0 Å². The molecular weight excluding hydrogens is 270 g/mol. The van der Waals surface area contributed by atoms with Crippen LogP contribution in [0.2, 0.25) is 0 Å². The molecule has 0 aliphatic heterocycles. The number of nitrogens with two attached hydrogens (primary N) is 1. The van der Waals surface area contributed by atoms with Gasteiger partial charge in [-0.2, -0.15) is 0 Å². The number of amides is 1. The normalized spacial score (nSPS) is 17.2. The molecular formula is C13H14F2N2OS. The zero-order valence-corrected chi connectivity index (χ0v) is 11.0. The van der Waals surface area contributed by atoms with Crippen molar-refractivity contribution in [3.63, 3.8) is 0 Å². The van der Waals surface area contributed by atoms with Crippen molar-refractivity contribution < 1.29 is 13.6 Å². The molecule has 19 heavy (non-hydrogen) atoms. The Hall–Kier alpha value is -1.56. The molecule has 0 unspecified atom stereocenters. The third kappa shape index (κ3) is 2.73. The second-order valence-corrected chi connectivity index (χ2v) is 5.17. The van der Waals surface area contributed by atoms with E-state index in [1.807, 2.05) is 0 Å². The highest BCUT2D eigenvalue weighted by molar-refractivity contribution is 7.80. The number of hydrogen-bond donors (Lipinski definition) is 2. The van der Waals surface area contributed by atoms with Gasteiger partial charge >= 0.3 is 0 Å². The van der Waals surface area contributed by atoms with Crippen LogP contribution in [-0.4, -0.2) is 16.4 Å². The summed E-state index contributed by atoms with van der Waals surface area (Å²) in [5, 5.41) is 2.66. The summed E-state index contributed by atoms with van der Waals surface area (Å²) in [6.07, 6.45) is 3.04. The molecule has 3 N–H and O–H groups in total. The molecule has 6 heteroatoms. The molecule has 2 rings (SSSR count). The summed E-state index contributed by atoms with van der Waals surface area (Å²) in [5.41, 5.74) is 4.57. The molecule has 1 aliphatic carbocycles. The Bertz CT molecular complexity index is 527. The quantitative estimate of drug-likeness (QED) is 0.837. The maximum atomic E-state index is 13.5. The van der Waals surface area contributed by atoms with Crippen LogP contribution in [-0.2, 0) is 0 Å². The number of carbonyl (C=O) groups excluding carboxylic acids is 1. The smallest absolute Gasteiger partial charge is 0.255 e. The Labute approximate surface area is 115 Å². The topological polar surface area (TPSA) is 55.1 Å². The van der Waals surface area contributed by atoms with E-state index >= 15 is 0 Å². The van der Waals surface area contributed by atoms with Gasteiger partial charge < -0.3 is 11.1 Å². The third-order valence-corrected chi connectivity index (χ3v) is 3.85. The van der Waals surface area contributed by atoms with Crippen molar-refractivity contribution in [2.24, 2.45) is 5.73 Å². The van der Waals surface area contributed by atoms with Crippen molar-refractivity contribution in [3.8, 4) is 0 Å². The number of thiocarbonyl (C=S) groups is 1. The van der Waals surface area contributed by atoms with Gasteiger partial charge in [-0.25, -0.2) is 8.78 Å². The van der Waals surface area contributed by atoms with E-state index in [-0.39, 0.29) is 10.6 Å². The van der Waals surface area contributed by atoms with E-state index in [2.05, 4.69) is 5.32 Å². The molecule has 1 aromatic rings. The van der Waals surface area contributed by atoms with Crippen molar-refractivity contribution in [3.05, 3.63) is 35.4 Å². The van der Waals surface area contributed by atoms with Crippen molar-refractivity contribution in [2.45, 2.75) is 31.2 Å². The van der Waals surface area contributed by atoms with E-state index in [9.17, 15) is 13.6 Å². The van der Waals surface area contributed by atoms with Crippen molar-refractivity contribution in [2.75, 3.05) is 0 Å². The Kier molecular flexibility index (Phi) is 3.80. The lowest BCUT2D eigenvalue weighted by Crippen LogP contribution is -2.54. The van der Waals surface area contributed by atoms with Crippen LogP contribution in [0.4, 0.5) is 8.78 Å². The molecule has 1 aromatic carbocycles. The SMILES string of the molecule is NC(=S)C1(NC(=O)c2cc(F)ccc2F)CCCC1. The fraction of sp³-hybridized carbons (Fsp3) is 0.385. The summed E-state index contributed by atoms with van der Waals surface area (Å²) in [6.45, 7) is 0. The summed E-state index contributed by atoms with van der Waals surface area (Å²) >= 11 is 4.99. The predicted molar refractivity (Wildman–Crippen MR) is 71.8 cm³/mol. The summed E-state index contributed by atoms with van der Waals surface area (Å²) in [6, 6.07) is 2.75. The largest absolute Gasteiger partial charge is 0.391 e. The monoisotopic (exact) mass is 284 g/mol. The highest BCUT2D eigenvalue weighted by atomic mass is 32.1. The number of carbonyl (C=O) groups is 1. The molecule has 1 aliphatic rings. The Morgan fingerprint density at radius 2 is 1.95 bits per heavy atom. The van der Waals surface area contributed by atoms with E-state index in [0.29, 0.717) is 12.8 Å². The van der Waals surface area contributed by atoms with Crippen molar-refractivity contribution in [1.82, 2.24) is 5.32 Å². The standard InChI is InChI=1S/C13H14F2N2OS/c14-8-3-4-10(15)9(7-8)11(18)17-13(12(16)19)5-1-2-6-13/h3-4,7H,1-2,5-6H2,(H2,16,19)(H,17,18). The average Bonchev–Trinajstić information content (AvgIpc) is 2.82. The minimum atomic E-state index is -0.773. The first-order valence-electron chi connectivity index (χ1n) is 6.02. The second-order valence-electron chi connectivity index (χ2n) is 4.73. The van der Waals surface area contributed by atoms with E-state index < -0.39 is 23.1 Å². The van der Waals surface area contributed by atoms with Crippen LogP contribution < -0.4 is 11.1 Å². The Balaban J connectivity index is 2.25. The van der Waals surface area contributed by atoms with Crippen molar-refractivity contribution in [1.29, 1.82) is 0 Å². The summed E-state index contributed by atoms with van der Waals surface area (Å²) in [7, 11) is 0. The molecule has 0 spiro atoms. The molecule has 0 aromatic heterocycles. The second kappa shape index (κ2) is 5.21. The molecule has 0 bridgehead atoms. The highest BCUT2D eigenvalue weighted by Gasteiger charge is 2.38. The fourth-order valence-electron chi connectivity index (χ4n) is 2.37.